The van der Waals surface area contributed by atoms with E-state index < -0.39 is 17.8 Å². The number of carboxylic acids is 1. The lowest BCUT2D eigenvalue weighted by molar-refractivity contribution is -0.148. The van der Waals surface area contributed by atoms with E-state index in [9.17, 15) is 9.59 Å². The van der Waals surface area contributed by atoms with Crippen molar-refractivity contribution in [2.75, 3.05) is 6.54 Å². The maximum atomic E-state index is 12.1. The van der Waals surface area contributed by atoms with Gasteiger partial charge in [0.2, 0.25) is 5.91 Å². The van der Waals surface area contributed by atoms with E-state index in [-0.39, 0.29) is 5.91 Å². The summed E-state index contributed by atoms with van der Waals surface area (Å²) < 4.78 is 1.64. The molecule has 1 heterocycles. The first-order valence-corrected chi connectivity index (χ1v) is 7.14. The highest BCUT2D eigenvalue weighted by atomic mass is 35.5. The number of aromatic nitrogens is 2. The summed E-state index contributed by atoms with van der Waals surface area (Å²) >= 11 is 5.74. The molecule has 2 N–H and O–H groups in total. The Labute approximate surface area is 122 Å². The Kier molecular flexibility index (Phi) is 5.00. The minimum absolute atomic E-state index is 0.171. The molecular weight excluding hydrogens is 282 g/mol. The average Bonchev–Trinajstić information content (AvgIpc) is 2.84. The number of rotatable bonds is 5. The fourth-order valence-electron chi connectivity index (χ4n) is 2.63. The highest BCUT2D eigenvalue weighted by molar-refractivity contribution is 6.30. The van der Waals surface area contributed by atoms with Gasteiger partial charge in [0.25, 0.3) is 0 Å². The van der Waals surface area contributed by atoms with Crippen LogP contribution in [0.1, 0.15) is 25.7 Å². The van der Waals surface area contributed by atoms with Crippen LogP contribution in [-0.4, -0.2) is 33.3 Å². The fourth-order valence-corrected chi connectivity index (χ4v) is 2.78. The molecule has 1 aliphatic rings. The summed E-state index contributed by atoms with van der Waals surface area (Å²) in [6.45, 7) is 0.933. The van der Waals surface area contributed by atoms with Crippen LogP contribution in [0.15, 0.2) is 12.4 Å². The minimum Gasteiger partial charge on any atom is -0.481 e. The van der Waals surface area contributed by atoms with Crippen LogP contribution in [0.25, 0.3) is 0 Å². The Balaban J connectivity index is 1.82. The molecule has 1 fully saturated rings. The van der Waals surface area contributed by atoms with Crippen LogP contribution < -0.4 is 5.32 Å². The molecule has 0 aromatic carbocycles. The fraction of sp³-hybridized carbons (Fsp3) is 0.615. The van der Waals surface area contributed by atoms with Crippen molar-refractivity contribution >= 4 is 23.5 Å². The molecule has 1 amide bonds. The SMILES string of the molecule is O=C(O)C1CCCCC1C(=O)NCCn1cc(Cl)cn1. The molecule has 110 valence electrons. The molecule has 0 bridgehead atoms. The van der Waals surface area contributed by atoms with Gasteiger partial charge in [0, 0.05) is 12.7 Å². The second kappa shape index (κ2) is 6.74. The predicted octanol–water partition coefficient (Wildman–Crippen LogP) is 1.54. The number of carboxylic acid groups (broad SMARTS) is 1. The third-order valence-corrected chi connectivity index (χ3v) is 3.86. The molecular formula is C13H18ClN3O3. The number of halogens is 1. The van der Waals surface area contributed by atoms with E-state index in [1.807, 2.05) is 0 Å². The number of nitrogens with one attached hydrogen (secondary N) is 1. The van der Waals surface area contributed by atoms with Gasteiger partial charge in [-0.3, -0.25) is 14.3 Å². The smallest absolute Gasteiger partial charge is 0.307 e. The van der Waals surface area contributed by atoms with Gasteiger partial charge in [0.05, 0.1) is 29.6 Å². The summed E-state index contributed by atoms with van der Waals surface area (Å²) in [5.41, 5.74) is 0. The highest BCUT2D eigenvalue weighted by Crippen LogP contribution is 2.30. The van der Waals surface area contributed by atoms with E-state index in [1.165, 1.54) is 6.20 Å². The Morgan fingerprint density at radius 3 is 2.70 bits per heavy atom. The lowest BCUT2D eigenvalue weighted by Gasteiger charge is -2.27. The van der Waals surface area contributed by atoms with E-state index in [1.54, 1.807) is 10.9 Å². The predicted molar refractivity (Wildman–Crippen MR) is 73.3 cm³/mol. The van der Waals surface area contributed by atoms with Crippen molar-refractivity contribution in [3.8, 4) is 0 Å². The Bertz CT molecular complexity index is 489. The maximum Gasteiger partial charge on any atom is 0.307 e. The van der Waals surface area contributed by atoms with Crippen LogP contribution in [0.2, 0.25) is 5.02 Å². The summed E-state index contributed by atoms with van der Waals surface area (Å²) in [6, 6.07) is 0. The molecule has 1 aromatic rings. The van der Waals surface area contributed by atoms with Crippen LogP contribution in [0.3, 0.4) is 0 Å². The third kappa shape index (κ3) is 3.72. The number of carbonyl (C=O) groups excluding carboxylic acids is 1. The molecule has 0 saturated heterocycles. The van der Waals surface area contributed by atoms with Gasteiger partial charge in [0.1, 0.15) is 0 Å². The van der Waals surface area contributed by atoms with Crippen molar-refractivity contribution in [2.24, 2.45) is 11.8 Å². The van der Waals surface area contributed by atoms with Gasteiger partial charge in [-0.25, -0.2) is 0 Å². The first kappa shape index (κ1) is 14.8. The summed E-state index contributed by atoms with van der Waals surface area (Å²) in [7, 11) is 0. The average molecular weight is 300 g/mol. The number of hydrogen-bond acceptors (Lipinski definition) is 3. The monoisotopic (exact) mass is 299 g/mol. The van der Waals surface area contributed by atoms with Gasteiger partial charge < -0.3 is 10.4 Å². The molecule has 2 unspecified atom stereocenters. The standard InChI is InChI=1S/C13H18ClN3O3/c14-9-7-16-17(8-9)6-5-15-12(18)10-3-1-2-4-11(10)13(19)20/h7-8,10-11H,1-6H2,(H,15,18)(H,19,20). The molecule has 2 atom stereocenters. The second-order valence-corrected chi connectivity index (χ2v) is 5.48. The molecule has 0 radical (unpaired) electrons. The number of aliphatic carboxylic acids is 1. The number of hydrogen-bond donors (Lipinski definition) is 2. The van der Waals surface area contributed by atoms with Crippen molar-refractivity contribution in [2.45, 2.75) is 32.2 Å². The van der Waals surface area contributed by atoms with Crippen molar-refractivity contribution in [1.29, 1.82) is 0 Å². The van der Waals surface area contributed by atoms with Crippen molar-refractivity contribution in [3.05, 3.63) is 17.4 Å². The Morgan fingerprint density at radius 2 is 2.10 bits per heavy atom. The zero-order valence-electron chi connectivity index (χ0n) is 11.1. The van der Waals surface area contributed by atoms with Gasteiger partial charge in [0.15, 0.2) is 0 Å². The number of nitrogens with zero attached hydrogens (tertiary/aromatic N) is 2. The van der Waals surface area contributed by atoms with Gasteiger partial charge in [-0.2, -0.15) is 5.10 Å². The summed E-state index contributed by atoms with van der Waals surface area (Å²) in [4.78, 5) is 23.2. The Morgan fingerprint density at radius 1 is 1.40 bits per heavy atom. The molecule has 6 nitrogen and oxygen atoms in total. The normalized spacial score (nSPS) is 22.4. The summed E-state index contributed by atoms with van der Waals surface area (Å²) in [5.74, 6) is -2.01. The topological polar surface area (TPSA) is 84.2 Å². The van der Waals surface area contributed by atoms with Gasteiger partial charge >= 0.3 is 5.97 Å². The second-order valence-electron chi connectivity index (χ2n) is 5.05. The van der Waals surface area contributed by atoms with Crippen LogP contribution in [0.5, 0.6) is 0 Å². The quantitative estimate of drug-likeness (QED) is 0.864. The van der Waals surface area contributed by atoms with E-state index in [4.69, 9.17) is 16.7 Å². The Hall–Kier alpha value is -1.56. The molecule has 0 aliphatic heterocycles. The van der Waals surface area contributed by atoms with E-state index in [0.29, 0.717) is 31.0 Å². The van der Waals surface area contributed by atoms with E-state index in [0.717, 1.165) is 12.8 Å². The van der Waals surface area contributed by atoms with Gasteiger partial charge in [-0.1, -0.05) is 24.4 Å². The maximum absolute atomic E-state index is 12.1. The number of amides is 1. The van der Waals surface area contributed by atoms with Gasteiger partial charge in [-0.15, -0.1) is 0 Å². The zero-order chi connectivity index (χ0) is 14.5. The molecule has 1 aliphatic carbocycles. The highest BCUT2D eigenvalue weighted by Gasteiger charge is 2.35. The lowest BCUT2D eigenvalue weighted by atomic mass is 9.79. The van der Waals surface area contributed by atoms with Crippen molar-refractivity contribution in [1.82, 2.24) is 15.1 Å². The van der Waals surface area contributed by atoms with Crippen LogP contribution in [0, 0.1) is 11.8 Å². The molecule has 0 spiro atoms. The van der Waals surface area contributed by atoms with Crippen molar-refractivity contribution in [3.63, 3.8) is 0 Å². The molecule has 20 heavy (non-hydrogen) atoms. The first-order chi connectivity index (χ1) is 9.58. The lowest BCUT2D eigenvalue weighted by Crippen LogP contribution is -2.40. The number of carbonyl (C=O) groups is 2. The minimum atomic E-state index is -0.872. The van der Waals surface area contributed by atoms with Crippen LogP contribution in [0.4, 0.5) is 0 Å². The third-order valence-electron chi connectivity index (χ3n) is 3.66. The molecule has 1 saturated carbocycles. The van der Waals surface area contributed by atoms with E-state index in [2.05, 4.69) is 10.4 Å². The summed E-state index contributed by atoms with van der Waals surface area (Å²) in [6.07, 6.45) is 6.24. The van der Waals surface area contributed by atoms with Crippen LogP contribution >= 0.6 is 11.6 Å². The van der Waals surface area contributed by atoms with Crippen LogP contribution in [-0.2, 0) is 16.1 Å². The largest absolute Gasteiger partial charge is 0.481 e. The van der Waals surface area contributed by atoms with E-state index >= 15 is 0 Å². The summed E-state index contributed by atoms with van der Waals surface area (Å²) in [5, 5.41) is 16.5. The van der Waals surface area contributed by atoms with Gasteiger partial charge in [-0.05, 0) is 12.8 Å². The zero-order valence-corrected chi connectivity index (χ0v) is 11.8. The molecule has 7 heteroatoms. The van der Waals surface area contributed by atoms with Crippen molar-refractivity contribution < 1.29 is 14.7 Å². The molecule has 2 rings (SSSR count). The molecule has 1 aromatic heterocycles. The first-order valence-electron chi connectivity index (χ1n) is 6.76.